The number of rotatable bonds is 8. The summed E-state index contributed by atoms with van der Waals surface area (Å²) in [6.45, 7) is 3.36. The van der Waals surface area contributed by atoms with Crippen molar-refractivity contribution in [2.75, 3.05) is 12.1 Å². The molecule has 120 valence electrons. The topological polar surface area (TPSA) is 137 Å². The van der Waals surface area contributed by atoms with Crippen LogP contribution in [0.1, 0.15) is 26.7 Å². The van der Waals surface area contributed by atoms with E-state index in [0.29, 0.717) is 12.8 Å². The summed E-state index contributed by atoms with van der Waals surface area (Å²) in [7, 11) is -4.30. The summed E-state index contributed by atoms with van der Waals surface area (Å²) < 4.78 is 22.9. The summed E-state index contributed by atoms with van der Waals surface area (Å²) in [5.41, 5.74) is 4.80. The molecule has 0 radical (unpaired) electrons. The lowest BCUT2D eigenvalue weighted by Gasteiger charge is -2.32. The number of ether oxygens (including phenoxy) is 2. The highest BCUT2D eigenvalue weighted by molar-refractivity contribution is 7.51. The molecule has 0 unspecified atom stereocenters. The molecule has 0 aliphatic rings. The van der Waals surface area contributed by atoms with Gasteiger partial charge in [0.1, 0.15) is 12.5 Å². The van der Waals surface area contributed by atoms with Crippen LogP contribution in [-0.4, -0.2) is 31.5 Å². The Morgan fingerprint density at radius 2 is 2.00 bits per heavy atom. The molecule has 0 bridgehead atoms. The van der Waals surface area contributed by atoms with Gasteiger partial charge in [-0.1, -0.05) is 13.8 Å². The molecule has 1 heterocycles. The molecule has 0 aromatic carbocycles. The van der Waals surface area contributed by atoms with E-state index in [9.17, 15) is 9.36 Å². The van der Waals surface area contributed by atoms with Crippen LogP contribution < -0.4 is 11.4 Å². The van der Waals surface area contributed by atoms with E-state index in [-0.39, 0.29) is 12.5 Å². The van der Waals surface area contributed by atoms with Gasteiger partial charge in [-0.15, -0.1) is 0 Å². The standard InChI is InChI=1S/C11H20N3O6P/c1-3-11(4-2,20-8-21(16,17)18)19-7-14-6-5-9(12)13-10(14)15/h5-6H,3-4,7-8H2,1-2H3,(H2,12,13,15)(H2,16,17,18). The first kappa shape index (κ1) is 17.8. The number of nitrogens with two attached hydrogens (primary N) is 1. The van der Waals surface area contributed by atoms with Gasteiger partial charge in [0.15, 0.2) is 12.1 Å². The first-order valence-corrected chi connectivity index (χ1v) is 8.16. The summed E-state index contributed by atoms with van der Waals surface area (Å²) in [5.74, 6) is -1.08. The van der Waals surface area contributed by atoms with Crippen molar-refractivity contribution in [3.05, 3.63) is 22.7 Å². The van der Waals surface area contributed by atoms with Gasteiger partial charge >= 0.3 is 13.3 Å². The van der Waals surface area contributed by atoms with Crippen LogP contribution in [0.3, 0.4) is 0 Å². The van der Waals surface area contributed by atoms with E-state index < -0.39 is 25.4 Å². The Kier molecular flexibility index (Phi) is 6.06. The lowest BCUT2D eigenvalue weighted by molar-refractivity contribution is -0.250. The van der Waals surface area contributed by atoms with E-state index in [4.69, 9.17) is 25.0 Å². The molecule has 0 saturated carbocycles. The quantitative estimate of drug-likeness (QED) is 0.464. The van der Waals surface area contributed by atoms with Gasteiger partial charge < -0.3 is 25.0 Å². The lowest BCUT2D eigenvalue weighted by Crippen LogP contribution is -2.37. The average Bonchev–Trinajstić information content (AvgIpc) is 2.40. The number of hydrogen-bond acceptors (Lipinski definition) is 6. The van der Waals surface area contributed by atoms with Crippen LogP contribution in [0.15, 0.2) is 17.1 Å². The van der Waals surface area contributed by atoms with Crippen LogP contribution in [-0.2, 0) is 20.8 Å². The Morgan fingerprint density at radius 3 is 2.48 bits per heavy atom. The molecular weight excluding hydrogens is 301 g/mol. The second-order valence-electron chi connectivity index (χ2n) is 4.43. The van der Waals surface area contributed by atoms with Crippen molar-refractivity contribution in [1.82, 2.24) is 9.55 Å². The smallest absolute Gasteiger partial charge is 0.351 e. The molecular formula is C11H20N3O6P. The molecule has 0 aliphatic heterocycles. The second kappa shape index (κ2) is 7.15. The van der Waals surface area contributed by atoms with Gasteiger partial charge in [-0.05, 0) is 18.9 Å². The van der Waals surface area contributed by atoms with Crippen LogP contribution in [0.25, 0.3) is 0 Å². The fourth-order valence-corrected chi connectivity index (χ4v) is 2.03. The highest BCUT2D eigenvalue weighted by atomic mass is 31.2. The zero-order valence-electron chi connectivity index (χ0n) is 11.9. The number of hydrogen-bond donors (Lipinski definition) is 3. The Balaban J connectivity index is 2.78. The maximum absolute atomic E-state index is 11.6. The van der Waals surface area contributed by atoms with Crippen LogP contribution in [0.4, 0.5) is 5.82 Å². The molecule has 0 spiro atoms. The molecule has 0 aliphatic carbocycles. The van der Waals surface area contributed by atoms with Gasteiger partial charge in [0, 0.05) is 6.20 Å². The predicted molar refractivity (Wildman–Crippen MR) is 75.3 cm³/mol. The molecule has 0 amide bonds. The van der Waals surface area contributed by atoms with E-state index in [0.717, 1.165) is 0 Å². The largest absolute Gasteiger partial charge is 0.383 e. The minimum atomic E-state index is -4.30. The fourth-order valence-electron chi connectivity index (χ4n) is 1.63. The summed E-state index contributed by atoms with van der Waals surface area (Å²) in [4.78, 5) is 32.9. The van der Waals surface area contributed by atoms with Crippen LogP contribution in [0.2, 0.25) is 0 Å². The van der Waals surface area contributed by atoms with Gasteiger partial charge in [0.05, 0.1) is 0 Å². The van der Waals surface area contributed by atoms with Crippen molar-refractivity contribution in [3.8, 4) is 0 Å². The molecule has 1 aromatic rings. The summed E-state index contributed by atoms with van der Waals surface area (Å²) >= 11 is 0. The number of nitrogens with zero attached hydrogens (tertiary/aromatic N) is 2. The monoisotopic (exact) mass is 321 g/mol. The van der Waals surface area contributed by atoms with E-state index >= 15 is 0 Å². The summed E-state index contributed by atoms with van der Waals surface area (Å²) in [6.07, 6.45) is 1.40. The highest BCUT2D eigenvalue weighted by Crippen LogP contribution is 2.37. The van der Waals surface area contributed by atoms with Gasteiger partial charge in [-0.2, -0.15) is 4.98 Å². The molecule has 10 heteroatoms. The third-order valence-electron chi connectivity index (χ3n) is 2.94. The Bertz CT molecular complexity index is 565. The predicted octanol–water partition coefficient (Wildman–Crippen LogP) is 0.468. The zero-order valence-corrected chi connectivity index (χ0v) is 12.8. The summed E-state index contributed by atoms with van der Waals surface area (Å²) in [6, 6.07) is 1.45. The van der Waals surface area contributed by atoms with Crippen LogP contribution >= 0.6 is 7.60 Å². The minimum Gasteiger partial charge on any atom is -0.383 e. The molecule has 0 atom stereocenters. The maximum atomic E-state index is 11.6. The van der Waals surface area contributed by atoms with Gasteiger partial charge in [-0.3, -0.25) is 9.13 Å². The van der Waals surface area contributed by atoms with Gasteiger partial charge in [0.2, 0.25) is 0 Å². The number of nitrogen functional groups attached to an aromatic ring is 1. The van der Waals surface area contributed by atoms with Crippen molar-refractivity contribution in [2.45, 2.75) is 39.2 Å². The van der Waals surface area contributed by atoms with E-state index in [1.165, 1.54) is 16.8 Å². The van der Waals surface area contributed by atoms with Crippen molar-refractivity contribution in [1.29, 1.82) is 0 Å². The zero-order chi connectivity index (χ0) is 16.1. The van der Waals surface area contributed by atoms with E-state index in [2.05, 4.69) is 4.98 Å². The van der Waals surface area contributed by atoms with Crippen molar-refractivity contribution >= 4 is 13.4 Å². The van der Waals surface area contributed by atoms with Crippen molar-refractivity contribution < 1.29 is 23.8 Å². The number of aromatic nitrogens is 2. The minimum absolute atomic E-state index is 0.103. The third kappa shape index (κ3) is 5.56. The fraction of sp³-hybridized carbons (Fsp3) is 0.636. The van der Waals surface area contributed by atoms with Crippen LogP contribution in [0.5, 0.6) is 0 Å². The SMILES string of the molecule is CCC(CC)(OCn1ccc(N)nc1=O)OCP(=O)(O)O. The Morgan fingerprint density at radius 1 is 1.38 bits per heavy atom. The first-order valence-electron chi connectivity index (χ1n) is 6.37. The lowest BCUT2D eigenvalue weighted by atomic mass is 10.1. The van der Waals surface area contributed by atoms with Crippen molar-refractivity contribution in [3.63, 3.8) is 0 Å². The summed E-state index contributed by atoms with van der Waals surface area (Å²) in [5, 5.41) is 0. The molecule has 1 rings (SSSR count). The van der Waals surface area contributed by atoms with Gasteiger partial charge in [-0.25, -0.2) is 4.79 Å². The highest BCUT2D eigenvalue weighted by Gasteiger charge is 2.31. The molecule has 21 heavy (non-hydrogen) atoms. The molecule has 4 N–H and O–H groups in total. The average molecular weight is 321 g/mol. The molecule has 0 fully saturated rings. The maximum Gasteiger partial charge on any atom is 0.351 e. The van der Waals surface area contributed by atoms with Crippen LogP contribution in [0, 0.1) is 0 Å². The van der Waals surface area contributed by atoms with E-state index in [1.807, 2.05) is 0 Å². The normalized spacial score (nSPS) is 12.6. The molecule has 1 aromatic heterocycles. The number of anilines is 1. The Hall–Kier alpha value is -1.25. The molecule has 0 saturated heterocycles. The molecule has 9 nitrogen and oxygen atoms in total. The third-order valence-corrected chi connectivity index (χ3v) is 3.40. The van der Waals surface area contributed by atoms with E-state index in [1.54, 1.807) is 13.8 Å². The second-order valence-corrected chi connectivity index (χ2v) is 6.02. The first-order chi connectivity index (χ1) is 9.71. The van der Waals surface area contributed by atoms with Gasteiger partial charge in [0.25, 0.3) is 0 Å². The van der Waals surface area contributed by atoms with Crippen molar-refractivity contribution in [2.24, 2.45) is 0 Å². The Labute approximate surface area is 121 Å².